The fraction of sp³-hybridized carbons (Fsp3) is 0.381. The number of ether oxygens (including phenoxy) is 1. The van der Waals surface area contributed by atoms with Crippen molar-refractivity contribution < 1.29 is 18.9 Å². The molecule has 33 heavy (non-hydrogen) atoms. The van der Waals surface area contributed by atoms with E-state index in [0.29, 0.717) is 23.5 Å². The number of aliphatic hydroxyl groups is 1. The predicted molar refractivity (Wildman–Crippen MR) is 132 cm³/mol. The van der Waals surface area contributed by atoms with Crippen LogP contribution in [0.1, 0.15) is 20.1 Å². The van der Waals surface area contributed by atoms with Gasteiger partial charge in [-0.2, -0.15) is 9.97 Å². The molecule has 2 aromatic rings. The highest BCUT2D eigenvalue weighted by atomic mass is 32.4. The molecule has 10 nitrogen and oxygen atoms in total. The van der Waals surface area contributed by atoms with Crippen molar-refractivity contribution in [3.05, 3.63) is 56.1 Å². The summed E-state index contributed by atoms with van der Waals surface area (Å²) in [5.41, 5.74) is 6.27. The summed E-state index contributed by atoms with van der Waals surface area (Å²) in [6, 6.07) is 0. The lowest BCUT2D eigenvalue weighted by atomic mass is 9.84. The standard InChI is InChI=1S/C21H28N6O4PS/c1-5-7-8-9-11-29-32(33)30-12-14-16(28)21(3,4)19(31-14)27-13-24-15-17(23-10-6-2)25-20(22)26-18(15)27/h5-9,11,13-14,16,19,28H,1-2,10,12H2,3-4H3,(H3,22,23,25,26)/q+1. The van der Waals surface area contributed by atoms with Crippen molar-refractivity contribution in [3.8, 4) is 0 Å². The van der Waals surface area contributed by atoms with E-state index < -0.39 is 31.0 Å². The van der Waals surface area contributed by atoms with Gasteiger partial charge in [0, 0.05) is 12.0 Å². The van der Waals surface area contributed by atoms with Crippen molar-refractivity contribution in [1.82, 2.24) is 19.5 Å². The number of fused-ring (bicyclic) bond motifs is 1. The number of hydrogen-bond acceptors (Lipinski definition) is 10. The van der Waals surface area contributed by atoms with Gasteiger partial charge in [-0.05, 0) is 6.08 Å². The maximum absolute atomic E-state index is 10.9. The first-order valence-electron chi connectivity index (χ1n) is 10.2. The van der Waals surface area contributed by atoms with E-state index in [-0.39, 0.29) is 12.6 Å². The van der Waals surface area contributed by atoms with Gasteiger partial charge in [-0.25, -0.2) is 4.98 Å². The zero-order chi connectivity index (χ0) is 24.0. The molecule has 4 unspecified atom stereocenters. The Morgan fingerprint density at radius 1 is 1.36 bits per heavy atom. The molecule has 0 aliphatic carbocycles. The highest BCUT2D eigenvalue weighted by Crippen LogP contribution is 2.46. The highest BCUT2D eigenvalue weighted by Gasteiger charge is 2.52. The molecule has 1 saturated heterocycles. The molecular weight excluding hydrogens is 463 g/mol. The molecule has 4 N–H and O–H groups in total. The fourth-order valence-electron chi connectivity index (χ4n) is 3.43. The van der Waals surface area contributed by atoms with Crippen LogP contribution in [0.25, 0.3) is 11.2 Å². The minimum Gasteiger partial charge on any atom is -0.390 e. The lowest BCUT2D eigenvalue weighted by Crippen LogP contribution is -2.36. The molecule has 12 heteroatoms. The van der Waals surface area contributed by atoms with Crippen molar-refractivity contribution in [3.63, 3.8) is 0 Å². The number of nitrogens with zero attached hydrogens (tertiary/aromatic N) is 4. The summed E-state index contributed by atoms with van der Waals surface area (Å²) in [7, 11) is -1.60. The van der Waals surface area contributed by atoms with Crippen LogP contribution in [0.15, 0.2) is 56.1 Å². The van der Waals surface area contributed by atoms with E-state index in [1.807, 2.05) is 13.8 Å². The molecule has 3 rings (SSSR count). The quantitative estimate of drug-likeness (QED) is 0.186. The Hall–Kier alpha value is -2.69. The van der Waals surface area contributed by atoms with Crippen LogP contribution in [-0.4, -0.2) is 50.0 Å². The first-order chi connectivity index (χ1) is 15.8. The highest BCUT2D eigenvalue weighted by molar-refractivity contribution is 8.00. The van der Waals surface area contributed by atoms with Gasteiger partial charge in [-0.15, -0.1) is 11.1 Å². The van der Waals surface area contributed by atoms with E-state index in [0.717, 1.165) is 0 Å². The lowest BCUT2D eigenvalue weighted by Gasteiger charge is -2.28. The largest absolute Gasteiger partial charge is 0.573 e. The molecule has 0 bridgehead atoms. The minimum atomic E-state index is -1.60. The number of imidazole rings is 1. The van der Waals surface area contributed by atoms with E-state index in [2.05, 4.69) is 33.4 Å². The van der Waals surface area contributed by atoms with E-state index in [1.54, 1.807) is 41.3 Å². The van der Waals surface area contributed by atoms with Gasteiger partial charge < -0.3 is 20.9 Å². The zero-order valence-corrected chi connectivity index (χ0v) is 20.2. The van der Waals surface area contributed by atoms with Crippen LogP contribution in [-0.2, 0) is 25.6 Å². The summed E-state index contributed by atoms with van der Waals surface area (Å²) in [5, 5.41) is 14.1. The van der Waals surface area contributed by atoms with Gasteiger partial charge in [-0.3, -0.25) is 9.09 Å². The predicted octanol–water partition coefficient (Wildman–Crippen LogP) is 3.35. The van der Waals surface area contributed by atoms with Crippen molar-refractivity contribution in [1.29, 1.82) is 0 Å². The molecule has 1 aliphatic rings. The molecule has 0 radical (unpaired) electrons. The third-order valence-corrected chi connectivity index (χ3v) is 6.32. The van der Waals surface area contributed by atoms with Crippen molar-refractivity contribution in [2.24, 2.45) is 5.41 Å². The summed E-state index contributed by atoms with van der Waals surface area (Å²) >= 11 is 5.21. The topological polar surface area (TPSA) is 130 Å². The Bertz CT molecular complexity index is 1090. The average molecular weight is 492 g/mol. The first-order valence-corrected chi connectivity index (χ1v) is 12.4. The number of nitrogens with two attached hydrogens (primary N) is 1. The number of allylic oxidation sites excluding steroid dienone is 4. The van der Waals surface area contributed by atoms with Gasteiger partial charge in [0.15, 0.2) is 23.2 Å². The van der Waals surface area contributed by atoms with Gasteiger partial charge in [0.25, 0.3) is 0 Å². The van der Waals surface area contributed by atoms with E-state index in [1.165, 1.54) is 6.26 Å². The molecule has 4 atom stereocenters. The third-order valence-electron chi connectivity index (χ3n) is 5.09. The lowest BCUT2D eigenvalue weighted by molar-refractivity contribution is -0.0443. The van der Waals surface area contributed by atoms with Crippen LogP contribution >= 0.6 is 7.15 Å². The molecule has 0 aromatic carbocycles. The van der Waals surface area contributed by atoms with E-state index in [4.69, 9.17) is 31.3 Å². The number of aliphatic hydroxyl groups excluding tert-OH is 1. The minimum absolute atomic E-state index is 0.0720. The summed E-state index contributed by atoms with van der Waals surface area (Å²) in [5.74, 6) is 0.592. The van der Waals surface area contributed by atoms with Crippen LogP contribution < -0.4 is 11.1 Å². The molecule has 0 saturated carbocycles. The Labute approximate surface area is 198 Å². The second kappa shape index (κ2) is 11.0. The summed E-state index contributed by atoms with van der Waals surface area (Å²) < 4.78 is 18.9. The van der Waals surface area contributed by atoms with Crippen LogP contribution in [0.2, 0.25) is 0 Å². The number of aromatic nitrogens is 4. The molecule has 0 amide bonds. The summed E-state index contributed by atoms with van der Waals surface area (Å²) in [6.07, 6.45) is 9.58. The van der Waals surface area contributed by atoms with Crippen LogP contribution in [0.5, 0.6) is 0 Å². The van der Waals surface area contributed by atoms with Gasteiger partial charge in [0.1, 0.15) is 18.9 Å². The Morgan fingerprint density at radius 2 is 2.15 bits per heavy atom. The number of nitrogens with one attached hydrogen (secondary N) is 1. The molecule has 2 aromatic heterocycles. The molecule has 1 aliphatic heterocycles. The normalized spacial score (nSPS) is 22.8. The monoisotopic (exact) mass is 491 g/mol. The van der Waals surface area contributed by atoms with E-state index >= 15 is 0 Å². The Morgan fingerprint density at radius 3 is 2.88 bits per heavy atom. The van der Waals surface area contributed by atoms with E-state index in [9.17, 15) is 5.11 Å². The first kappa shape index (κ1) is 24.9. The fourth-order valence-corrected chi connectivity index (χ4v) is 4.26. The Balaban J connectivity index is 1.75. The van der Waals surface area contributed by atoms with Crippen LogP contribution in [0.4, 0.5) is 11.8 Å². The Kier molecular flexibility index (Phi) is 8.28. The number of nitrogen functional groups attached to an aromatic ring is 1. The molecule has 3 heterocycles. The molecule has 176 valence electrons. The van der Waals surface area contributed by atoms with Crippen molar-refractivity contribution in [2.75, 3.05) is 24.2 Å². The average Bonchev–Trinajstić information content (AvgIpc) is 3.29. The second-order valence-corrected chi connectivity index (χ2v) is 9.60. The van der Waals surface area contributed by atoms with Gasteiger partial charge in [-0.1, -0.05) is 44.7 Å². The SMILES string of the molecule is C=CC=CC=CO[P+](=S)OCC1OC(n2cnc3c(NCC=C)nc(N)nc32)C(C)(C)C1O. The van der Waals surface area contributed by atoms with Gasteiger partial charge in [0.2, 0.25) is 17.8 Å². The second-order valence-electron chi connectivity index (χ2n) is 7.79. The smallest absolute Gasteiger partial charge is 0.390 e. The summed E-state index contributed by atoms with van der Waals surface area (Å²) in [6.45, 7) is 11.6. The molecular formula is C21H28N6O4PS+. The van der Waals surface area contributed by atoms with Crippen molar-refractivity contribution >= 4 is 41.9 Å². The number of anilines is 2. The van der Waals surface area contributed by atoms with Crippen LogP contribution in [0.3, 0.4) is 0 Å². The maximum atomic E-state index is 10.9. The maximum Gasteiger partial charge on any atom is 0.573 e. The summed E-state index contributed by atoms with van der Waals surface area (Å²) in [4.78, 5) is 13.0. The van der Waals surface area contributed by atoms with Gasteiger partial charge >= 0.3 is 7.15 Å². The number of rotatable bonds is 11. The van der Waals surface area contributed by atoms with Gasteiger partial charge in [0.05, 0.1) is 12.4 Å². The molecule has 0 spiro atoms. The molecule has 1 fully saturated rings. The number of hydrogen-bond donors (Lipinski definition) is 3. The van der Waals surface area contributed by atoms with Crippen molar-refractivity contribution in [2.45, 2.75) is 32.3 Å². The third kappa shape index (κ3) is 5.63. The van der Waals surface area contributed by atoms with Crippen LogP contribution in [0, 0.1) is 5.41 Å². The zero-order valence-electron chi connectivity index (χ0n) is 18.5.